The molecule has 4 aromatic rings. The Hall–Kier alpha value is -4.58. The van der Waals surface area contributed by atoms with E-state index in [9.17, 15) is 19.2 Å². The summed E-state index contributed by atoms with van der Waals surface area (Å²) in [5.74, 6) is -3.85. The number of carbonyl (C=O) groups excluding carboxylic acids is 4. The molecule has 0 saturated heterocycles. The van der Waals surface area contributed by atoms with E-state index in [1.54, 1.807) is 76.2 Å². The number of benzene rings is 4. The van der Waals surface area contributed by atoms with Crippen LogP contribution in [0.3, 0.4) is 0 Å². The first-order chi connectivity index (χ1) is 18.8. The molecule has 0 fully saturated rings. The first-order valence-corrected chi connectivity index (χ1v) is 12.4. The van der Waals surface area contributed by atoms with Crippen molar-refractivity contribution in [3.05, 3.63) is 106 Å². The Morgan fingerprint density at radius 3 is 0.974 bits per heavy atom. The van der Waals surface area contributed by atoms with Gasteiger partial charge in [0, 0.05) is 35.8 Å². The van der Waals surface area contributed by atoms with E-state index in [0.717, 1.165) is 20.9 Å². The molecule has 0 atom stereocenters. The molecule has 0 spiro atoms. The van der Waals surface area contributed by atoms with Gasteiger partial charge in [0.1, 0.15) is 0 Å². The van der Waals surface area contributed by atoms with Crippen LogP contribution in [-0.2, 0) is 0 Å². The van der Waals surface area contributed by atoms with Crippen LogP contribution in [0.4, 0.5) is 11.4 Å². The highest BCUT2D eigenvalue weighted by molar-refractivity contribution is 6.42. The van der Waals surface area contributed by atoms with Gasteiger partial charge in [-0.1, -0.05) is 52.0 Å². The summed E-state index contributed by atoms with van der Waals surface area (Å²) < 4.78 is 16.5. The lowest BCUT2D eigenvalue weighted by Crippen LogP contribution is -2.43. The van der Waals surface area contributed by atoms with Crippen LogP contribution < -0.4 is 9.80 Å². The summed E-state index contributed by atoms with van der Waals surface area (Å²) in [5, 5.41) is 0.607. The molecule has 6 nitrogen and oxygen atoms in total. The molecule has 188 valence electrons. The number of rotatable bonds is 4. The molecule has 2 aliphatic heterocycles. The Morgan fingerprint density at radius 1 is 0.474 bits per heavy atom. The number of nitrogens with zero attached hydrogens (tertiary/aromatic N) is 2. The maximum Gasteiger partial charge on any atom is 0.265 e. The van der Waals surface area contributed by atoms with Crippen molar-refractivity contribution in [2.24, 2.45) is 0 Å². The Balaban J connectivity index is 1.45. The lowest BCUT2D eigenvalue weighted by Gasteiger charge is -2.32. The second kappa shape index (κ2) is 8.48. The van der Waals surface area contributed by atoms with Gasteiger partial charge in [-0.05, 0) is 71.4 Å². The Bertz CT molecular complexity index is 1580. The van der Waals surface area contributed by atoms with E-state index in [2.05, 4.69) is 0 Å². The predicted molar refractivity (Wildman–Crippen MR) is 147 cm³/mol. The SMILES string of the molecule is [2H]C(C)(C)c1ccc(N2C(=O)c3ccc4c5c(ccc(c35)C2=O)C(=O)N(c2ccc(C([2H])(C)C)cc2)C4=O)cc1. The van der Waals surface area contributed by atoms with Gasteiger partial charge in [0.05, 0.1) is 11.4 Å². The van der Waals surface area contributed by atoms with Crippen LogP contribution in [0.1, 0.15) is 94.8 Å². The van der Waals surface area contributed by atoms with Gasteiger partial charge in [0.2, 0.25) is 0 Å². The molecule has 0 N–H and O–H groups in total. The average Bonchev–Trinajstić information content (AvgIpc) is 2.90. The van der Waals surface area contributed by atoms with Crippen LogP contribution in [0, 0.1) is 0 Å². The fourth-order valence-corrected chi connectivity index (χ4v) is 5.23. The van der Waals surface area contributed by atoms with E-state index in [1.165, 1.54) is 24.3 Å². The van der Waals surface area contributed by atoms with Crippen LogP contribution in [0.2, 0.25) is 0 Å². The molecular weight excluding hydrogens is 476 g/mol. The first kappa shape index (κ1) is 21.5. The maximum atomic E-state index is 13.7. The van der Waals surface area contributed by atoms with Gasteiger partial charge in [0.15, 0.2) is 0 Å². The van der Waals surface area contributed by atoms with Gasteiger partial charge in [-0.3, -0.25) is 19.2 Å². The average molecular weight is 505 g/mol. The van der Waals surface area contributed by atoms with E-state index < -0.39 is 35.4 Å². The number of hydrogen-bond acceptors (Lipinski definition) is 4. The van der Waals surface area contributed by atoms with Crippen molar-refractivity contribution in [3.63, 3.8) is 0 Å². The smallest absolute Gasteiger partial charge is 0.265 e. The van der Waals surface area contributed by atoms with Gasteiger partial charge >= 0.3 is 0 Å². The number of amides is 4. The molecule has 0 bridgehead atoms. The Kier molecular flexibility index (Phi) is 4.80. The summed E-state index contributed by atoms with van der Waals surface area (Å²) in [7, 11) is 0. The van der Waals surface area contributed by atoms with Crippen LogP contribution >= 0.6 is 0 Å². The molecule has 0 unspecified atom stereocenters. The standard InChI is InChI=1S/C32H26N2O4/c1-17(2)19-5-9-21(10-6-19)33-29(35)23-13-15-25-28-26(16-14-24(27(23)28)30(33)36)32(38)34(31(25)37)22-11-7-20(8-12-22)18(3)4/h5-18H,1-4H3/i17D,18D. The van der Waals surface area contributed by atoms with Crippen molar-refractivity contribution in [2.45, 2.75) is 39.5 Å². The number of anilines is 2. The van der Waals surface area contributed by atoms with E-state index >= 15 is 0 Å². The monoisotopic (exact) mass is 504 g/mol. The van der Waals surface area contributed by atoms with Crippen molar-refractivity contribution in [3.8, 4) is 0 Å². The molecule has 4 amide bonds. The van der Waals surface area contributed by atoms with Crippen LogP contribution in [-0.4, -0.2) is 23.6 Å². The van der Waals surface area contributed by atoms with Crippen molar-refractivity contribution in [1.29, 1.82) is 0 Å². The number of carbonyl (C=O) groups is 4. The molecule has 38 heavy (non-hydrogen) atoms. The lowest BCUT2D eigenvalue weighted by atomic mass is 9.85. The topological polar surface area (TPSA) is 74.8 Å². The third kappa shape index (κ3) is 3.33. The van der Waals surface area contributed by atoms with Gasteiger partial charge in [-0.2, -0.15) is 0 Å². The molecular formula is C32H26N2O4. The van der Waals surface area contributed by atoms with Gasteiger partial charge in [-0.15, -0.1) is 0 Å². The zero-order chi connectivity index (χ0) is 28.7. The third-order valence-electron chi connectivity index (χ3n) is 7.30. The minimum Gasteiger partial charge on any atom is -0.268 e. The van der Waals surface area contributed by atoms with E-state index in [1.807, 2.05) is 0 Å². The Labute approximate surface area is 223 Å². The molecule has 0 aromatic heterocycles. The second-order valence-corrected chi connectivity index (χ2v) is 10.1. The molecule has 2 aliphatic rings. The van der Waals surface area contributed by atoms with Crippen molar-refractivity contribution in [2.75, 3.05) is 9.80 Å². The van der Waals surface area contributed by atoms with E-state index in [4.69, 9.17) is 2.74 Å². The Morgan fingerprint density at radius 2 is 0.737 bits per heavy atom. The minimum atomic E-state index is -0.833. The maximum absolute atomic E-state index is 13.7. The summed E-state index contributed by atoms with van der Waals surface area (Å²) >= 11 is 0. The quantitative estimate of drug-likeness (QED) is 0.290. The molecule has 6 heteroatoms. The zero-order valence-corrected chi connectivity index (χ0v) is 21.5. The normalized spacial score (nSPS) is 16.2. The summed E-state index contributed by atoms with van der Waals surface area (Å²) in [4.78, 5) is 56.8. The molecule has 0 aliphatic carbocycles. The number of hydrogen-bond donors (Lipinski definition) is 0. The lowest BCUT2D eigenvalue weighted by molar-refractivity contribution is 0.0873. The fourth-order valence-electron chi connectivity index (χ4n) is 5.23. The largest absolute Gasteiger partial charge is 0.268 e. The van der Waals surface area contributed by atoms with Gasteiger partial charge in [0.25, 0.3) is 23.6 Å². The predicted octanol–water partition coefficient (Wildman–Crippen LogP) is 6.69. The fraction of sp³-hybridized carbons (Fsp3) is 0.188. The van der Waals surface area contributed by atoms with Gasteiger partial charge < -0.3 is 0 Å². The molecule has 4 aromatic carbocycles. The number of imide groups is 2. The zero-order valence-electron chi connectivity index (χ0n) is 23.5. The third-order valence-corrected chi connectivity index (χ3v) is 7.30. The van der Waals surface area contributed by atoms with Crippen LogP contribution in [0.5, 0.6) is 0 Å². The van der Waals surface area contributed by atoms with Crippen molar-refractivity contribution < 1.29 is 21.9 Å². The first-order valence-electron chi connectivity index (χ1n) is 13.4. The highest BCUT2D eigenvalue weighted by atomic mass is 16.2. The highest BCUT2D eigenvalue weighted by Crippen LogP contribution is 2.40. The summed E-state index contributed by atoms with van der Waals surface area (Å²) in [5.41, 5.74) is 3.16. The summed E-state index contributed by atoms with van der Waals surface area (Å²) in [6.07, 6.45) is 0. The highest BCUT2D eigenvalue weighted by Gasteiger charge is 2.40. The summed E-state index contributed by atoms with van der Waals surface area (Å²) in [6.45, 7) is 7.03. The molecule has 6 rings (SSSR count). The van der Waals surface area contributed by atoms with Crippen LogP contribution in [0.15, 0.2) is 72.8 Å². The van der Waals surface area contributed by atoms with Crippen molar-refractivity contribution >= 4 is 45.8 Å². The summed E-state index contributed by atoms with van der Waals surface area (Å²) in [6, 6.07) is 19.6. The van der Waals surface area contributed by atoms with Gasteiger partial charge in [-0.25, -0.2) is 9.80 Å². The van der Waals surface area contributed by atoms with Crippen LogP contribution in [0.25, 0.3) is 10.8 Å². The van der Waals surface area contributed by atoms with E-state index in [-0.39, 0.29) is 22.3 Å². The van der Waals surface area contributed by atoms with E-state index in [0.29, 0.717) is 22.1 Å². The molecule has 0 radical (unpaired) electrons. The van der Waals surface area contributed by atoms with Crippen molar-refractivity contribution in [1.82, 2.24) is 0 Å². The minimum absolute atomic E-state index is 0.233. The second-order valence-electron chi connectivity index (χ2n) is 10.1. The molecule has 2 heterocycles. The molecule has 0 saturated carbocycles.